The van der Waals surface area contributed by atoms with Crippen LogP contribution in [0.2, 0.25) is 0 Å². The molecule has 6 nitrogen and oxygen atoms in total. The molecule has 0 saturated carbocycles. The van der Waals surface area contributed by atoms with Crippen LogP contribution in [0.15, 0.2) is 0 Å². The summed E-state index contributed by atoms with van der Waals surface area (Å²) in [6.45, 7) is 3.34. The van der Waals surface area contributed by atoms with E-state index in [2.05, 4.69) is 16.3 Å². The summed E-state index contributed by atoms with van der Waals surface area (Å²) in [5.74, 6) is 0.0293. The maximum atomic E-state index is 11.8. The van der Waals surface area contributed by atoms with Gasteiger partial charge < -0.3 is 21.1 Å². The van der Waals surface area contributed by atoms with E-state index in [-0.39, 0.29) is 17.7 Å². The second-order valence-electron chi connectivity index (χ2n) is 5.28. The van der Waals surface area contributed by atoms with E-state index in [4.69, 9.17) is 5.73 Å². The molecule has 0 aromatic carbocycles. The summed E-state index contributed by atoms with van der Waals surface area (Å²) in [4.78, 5) is 14.3. The molecule has 1 saturated heterocycles. The van der Waals surface area contributed by atoms with Crippen LogP contribution in [0.4, 0.5) is 10.7 Å². The number of carbonyl (C=O) groups excluding carboxylic acids is 1. The van der Waals surface area contributed by atoms with Crippen molar-refractivity contribution in [1.82, 2.24) is 5.32 Å². The zero-order valence-electron chi connectivity index (χ0n) is 12.2. The summed E-state index contributed by atoms with van der Waals surface area (Å²) in [5, 5.41) is 22.3. The predicted octanol–water partition coefficient (Wildman–Crippen LogP) is 1.16. The number of piperidine rings is 1. The van der Waals surface area contributed by atoms with Crippen molar-refractivity contribution in [3.8, 4) is 6.07 Å². The predicted molar refractivity (Wildman–Crippen MR) is 83.5 cm³/mol. The van der Waals surface area contributed by atoms with E-state index in [1.54, 1.807) is 7.05 Å². The molecule has 1 aromatic rings. The van der Waals surface area contributed by atoms with Crippen LogP contribution in [-0.4, -0.2) is 37.3 Å². The van der Waals surface area contributed by atoms with Crippen LogP contribution < -0.4 is 16.0 Å². The van der Waals surface area contributed by atoms with Gasteiger partial charge in [0.05, 0.1) is 11.8 Å². The highest BCUT2D eigenvalue weighted by Crippen LogP contribution is 2.39. The number of anilines is 2. The van der Waals surface area contributed by atoms with Crippen molar-refractivity contribution in [2.24, 2.45) is 5.92 Å². The fraction of sp³-hybridized carbons (Fsp3) is 0.571. The van der Waals surface area contributed by atoms with Crippen molar-refractivity contribution in [2.75, 3.05) is 30.8 Å². The van der Waals surface area contributed by atoms with E-state index in [1.165, 1.54) is 11.3 Å². The van der Waals surface area contributed by atoms with Crippen molar-refractivity contribution in [3.63, 3.8) is 0 Å². The van der Waals surface area contributed by atoms with Gasteiger partial charge in [-0.3, -0.25) is 4.79 Å². The number of rotatable bonds is 3. The topological polar surface area (TPSA) is 102 Å². The minimum Gasteiger partial charge on any atom is -0.396 e. The lowest BCUT2D eigenvalue weighted by molar-refractivity contribution is 0.0968. The van der Waals surface area contributed by atoms with Gasteiger partial charge in [0.2, 0.25) is 0 Å². The lowest BCUT2D eigenvalue weighted by Gasteiger charge is -2.34. The highest BCUT2D eigenvalue weighted by Gasteiger charge is 2.28. The van der Waals surface area contributed by atoms with Gasteiger partial charge >= 0.3 is 0 Å². The zero-order valence-corrected chi connectivity index (χ0v) is 13.0. The molecule has 1 unspecified atom stereocenters. The van der Waals surface area contributed by atoms with Crippen LogP contribution in [0.25, 0.3) is 0 Å². The highest BCUT2D eigenvalue weighted by atomic mass is 32.1. The lowest BCUT2D eigenvalue weighted by atomic mass is 9.92. The molecular weight excluding hydrogens is 288 g/mol. The number of aliphatic hydroxyl groups is 1. The van der Waals surface area contributed by atoms with Crippen LogP contribution in [0.1, 0.15) is 35.0 Å². The number of aliphatic hydroxyl groups excluding tert-OH is 1. The molecule has 1 atom stereocenters. The Morgan fingerprint density at radius 3 is 2.67 bits per heavy atom. The fourth-order valence-electron chi connectivity index (χ4n) is 2.63. The van der Waals surface area contributed by atoms with Crippen LogP contribution in [0, 0.1) is 17.2 Å². The Morgan fingerprint density at radius 1 is 1.57 bits per heavy atom. The Hall–Kier alpha value is -1.78. The molecule has 0 bridgehead atoms. The van der Waals surface area contributed by atoms with Gasteiger partial charge in [-0.25, -0.2) is 0 Å². The Labute approximate surface area is 128 Å². The van der Waals surface area contributed by atoms with E-state index < -0.39 is 0 Å². The molecule has 1 aromatic heterocycles. The van der Waals surface area contributed by atoms with Crippen LogP contribution in [0.3, 0.4) is 0 Å². The first-order valence-corrected chi connectivity index (χ1v) is 7.78. The van der Waals surface area contributed by atoms with Crippen molar-refractivity contribution in [2.45, 2.75) is 25.9 Å². The number of nitrogens with one attached hydrogen (secondary N) is 1. The number of hydrogen-bond donors (Lipinski definition) is 3. The standard InChI is InChI=1S/C14H20N4O2S/c1-8(19)9-3-5-18(6-4-9)14-10(7-15)11(16)12(21-14)13(20)17-2/h8-9,19H,3-6,16H2,1-2H3,(H,17,20). The molecule has 7 heteroatoms. The normalized spacial score (nSPS) is 17.3. The maximum Gasteiger partial charge on any atom is 0.263 e. The Kier molecular flexibility index (Phi) is 4.70. The third-order valence-corrected chi connectivity index (χ3v) is 5.25. The molecule has 0 aliphatic carbocycles. The smallest absolute Gasteiger partial charge is 0.263 e. The van der Waals surface area contributed by atoms with Crippen molar-refractivity contribution in [1.29, 1.82) is 5.26 Å². The van der Waals surface area contributed by atoms with E-state index in [0.717, 1.165) is 30.9 Å². The van der Waals surface area contributed by atoms with Crippen molar-refractivity contribution >= 4 is 27.9 Å². The first kappa shape index (κ1) is 15.6. The number of amides is 1. The number of nitrogens with zero attached hydrogens (tertiary/aromatic N) is 2. The molecule has 114 valence electrons. The highest BCUT2D eigenvalue weighted by molar-refractivity contribution is 7.19. The molecule has 2 heterocycles. The first-order valence-electron chi connectivity index (χ1n) is 6.97. The molecule has 1 fully saturated rings. The summed E-state index contributed by atoms with van der Waals surface area (Å²) in [6, 6.07) is 2.11. The Balaban J connectivity index is 2.25. The lowest BCUT2D eigenvalue weighted by Crippen LogP contribution is -2.36. The molecule has 1 amide bonds. The van der Waals surface area contributed by atoms with Gasteiger partial charge in [-0.05, 0) is 25.7 Å². The second kappa shape index (κ2) is 6.33. The molecule has 1 aliphatic heterocycles. The number of thiophene rings is 1. The molecule has 1 aliphatic rings. The van der Waals surface area contributed by atoms with Gasteiger partial charge in [0.1, 0.15) is 21.5 Å². The van der Waals surface area contributed by atoms with E-state index in [0.29, 0.717) is 16.4 Å². The average molecular weight is 308 g/mol. The summed E-state index contributed by atoms with van der Waals surface area (Å²) in [6.07, 6.45) is 1.43. The molecule has 21 heavy (non-hydrogen) atoms. The maximum absolute atomic E-state index is 11.8. The summed E-state index contributed by atoms with van der Waals surface area (Å²) >= 11 is 1.26. The van der Waals surface area contributed by atoms with Gasteiger partial charge in [-0.15, -0.1) is 11.3 Å². The first-order chi connectivity index (χ1) is 9.99. The van der Waals surface area contributed by atoms with Crippen molar-refractivity contribution in [3.05, 3.63) is 10.4 Å². The number of nitriles is 1. The molecule has 0 spiro atoms. The minimum atomic E-state index is -0.308. The number of hydrogen-bond acceptors (Lipinski definition) is 6. The molecule has 0 radical (unpaired) electrons. The zero-order chi connectivity index (χ0) is 15.6. The number of carbonyl (C=O) groups is 1. The Morgan fingerprint density at radius 2 is 2.19 bits per heavy atom. The quantitative estimate of drug-likeness (QED) is 0.777. The van der Waals surface area contributed by atoms with E-state index in [9.17, 15) is 15.2 Å². The summed E-state index contributed by atoms with van der Waals surface area (Å²) in [5.41, 5.74) is 6.58. The summed E-state index contributed by atoms with van der Waals surface area (Å²) < 4.78 is 0. The summed E-state index contributed by atoms with van der Waals surface area (Å²) in [7, 11) is 1.54. The van der Waals surface area contributed by atoms with Crippen LogP contribution in [0.5, 0.6) is 0 Å². The molecule has 2 rings (SSSR count). The third kappa shape index (κ3) is 2.96. The van der Waals surface area contributed by atoms with Gasteiger partial charge in [-0.1, -0.05) is 0 Å². The third-order valence-electron chi connectivity index (χ3n) is 3.98. The Bertz CT molecular complexity index is 568. The minimum absolute atomic E-state index is 0.259. The van der Waals surface area contributed by atoms with Gasteiger partial charge in [0, 0.05) is 20.1 Å². The van der Waals surface area contributed by atoms with Gasteiger partial charge in [0.15, 0.2) is 0 Å². The molecule has 4 N–H and O–H groups in total. The largest absolute Gasteiger partial charge is 0.396 e. The van der Waals surface area contributed by atoms with Crippen molar-refractivity contribution < 1.29 is 9.90 Å². The van der Waals surface area contributed by atoms with Crippen LogP contribution in [-0.2, 0) is 0 Å². The average Bonchev–Trinajstić information content (AvgIpc) is 2.83. The second-order valence-corrected chi connectivity index (χ2v) is 6.28. The monoisotopic (exact) mass is 308 g/mol. The van der Waals surface area contributed by atoms with E-state index >= 15 is 0 Å². The SMILES string of the molecule is CNC(=O)c1sc(N2CCC(C(C)O)CC2)c(C#N)c1N. The number of nitrogen functional groups attached to an aromatic ring is 1. The number of nitrogens with two attached hydrogens (primary N) is 1. The van der Waals surface area contributed by atoms with E-state index in [1.807, 2.05) is 6.92 Å². The fourth-order valence-corrected chi connectivity index (χ4v) is 3.80. The van der Waals surface area contributed by atoms with Gasteiger partial charge in [0.25, 0.3) is 5.91 Å². The van der Waals surface area contributed by atoms with Crippen LogP contribution >= 0.6 is 11.3 Å². The van der Waals surface area contributed by atoms with Gasteiger partial charge in [-0.2, -0.15) is 5.26 Å². The molecular formula is C14H20N4O2S.